The van der Waals surface area contributed by atoms with Crippen LogP contribution in [0.1, 0.15) is 11.4 Å². The van der Waals surface area contributed by atoms with Crippen LogP contribution in [0.2, 0.25) is 0 Å². The highest BCUT2D eigenvalue weighted by Crippen LogP contribution is 2.26. The minimum Gasteiger partial charge on any atom is -0.497 e. The van der Waals surface area contributed by atoms with Crippen LogP contribution in [-0.2, 0) is 19.7 Å². The number of aliphatic hydroxyl groups is 1. The van der Waals surface area contributed by atoms with Crippen molar-refractivity contribution >= 4 is 0 Å². The van der Waals surface area contributed by atoms with E-state index < -0.39 is 0 Å². The molecule has 0 bridgehead atoms. The summed E-state index contributed by atoms with van der Waals surface area (Å²) in [5.74, 6) is 1.75. The Hall–Kier alpha value is -1.85. The van der Waals surface area contributed by atoms with Crippen LogP contribution in [0.25, 0.3) is 11.4 Å². The molecule has 1 aliphatic heterocycles. The summed E-state index contributed by atoms with van der Waals surface area (Å²) in [7, 11) is 1.65. The summed E-state index contributed by atoms with van der Waals surface area (Å²) in [6, 6.07) is 7.85. The molecule has 0 saturated carbocycles. The number of fused-ring (bicyclic) bond motifs is 1. The van der Waals surface area contributed by atoms with Gasteiger partial charge in [0.25, 0.3) is 0 Å². The minimum atomic E-state index is -0.0207. The van der Waals surface area contributed by atoms with Crippen LogP contribution in [0.3, 0.4) is 0 Å². The summed E-state index contributed by atoms with van der Waals surface area (Å²) >= 11 is 0. The van der Waals surface area contributed by atoms with Crippen molar-refractivity contribution in [3.05, 3.63) is 35.7 Å². The standard InChI is InChI=1S/C14H17N3O2/c1-19-11-4-2-10(3-5-11)14-16-12(9-18)13-8-15-6-7-17(13)14/h2-5,15,18H,6-9H2,1H3. The van der Waals surface area contributed by atoms with E-state index in [1.807, 2.05) is 24.3 Å². The number of rotatable bonds is 3. The fraction of sp³-hybridized carbons (Fsp3) is 0.357. The largest absolute Gasteiger partial charge is 0.497 e. The first-order valence-corrected chi connectivity index (χ1v) is 6.37. The highest BCUT2D eigenvalue weighted by atomic mass is 16.5. The van der Waals surface area contributed by atoms with Crippen LogP contribution in [0.4, 0.5) is 0 Å². The summed E-state index contributed by atoms with van der Waals surface area (Å²) < 4.78 is 7.35. The van der Waals surface area contributed by atoms with Gasteiger partial charge in [0, 0.05) is 25.2 Å². The lowest BCUT2D eigenvalue weighted by molar-refractivity contribution is 0.275. The molecule has 2 heterocycles. The number of methoxy groups -OCH3 is 1. The summed E-state index contributed by atoms with van der Waals surface area (Å²) in [6.07, 6.45) is 0. The zero-order valence-electron chi connectivity index (χ0n) is 10.9. The number of nitrogens with one attached hydrogen (secondary N) is 1. The van der Waals surface area contributed by atoms with E-state index in [0.29, 0.717) is 0 Å². The maximum absolute atomic E-state index is 9.41. The summed E-state index contributed by atoms with van der Waals surface area (Å²) in [4.78, 5) is 4.57. The average Bonchev–Trinajstić information content (AvgIpc) is 2.86. The van der Waals surface area contributed by atoms with Crippen LogP contribution in [-0.4, -0.2) is 28.3 Å². The number of aromatic nitrogens is 2. The zero-order chi connectivity index (χ0) is 13.2. The van der Waals surface area contributed by atoms with Gasteiger partial charge in [0.15, 0.2) is 0 Å². The monoisotopic (exact) mass is 259 g/mol. The summed E-state index contributed by atoms with van der Waals surface area (Å²) in [5.41, 5.74) is 2.89. The Kier molecular flexibility index (Phi) is 3.23. The number of benzene rings is 1. The lowest BCUT2D eigenvalue weighted by Crippen LogP contribution is -2.28. The maximum Gasteiger partial charge on any atom is 0.140 e. The van der Waals surface area contributed by atoms with E-state index >= 15 is 0 Å². The van der Waals surface area contributed by atoms with Crippen molar-refractivity contribution in [2.45, 2.75) is 19.7 Å². The fourth-order valence-corrected chi connectivity index (χ4v) is 2.46. The van der Waals surface area contributed by atoms with Gasteiger partial charge in [-0.15, -0.1) is 0 Å². The van der Waals surface area contributed by atoms with Crippen molar-refractivity contribution in [1.82, 2.24) is 14.9 Å². The molecule has 0 radical (unpaired) electrons. The summed E-state index contributed by atoms with van der Waals surface area (Å²) in [6.45, 7) is 2.55. The molecule has 0 unspecified atom stereocenters. The Balaban J connectivity index is 2.06. The van der Waals surface area contributed by atoms with E-state index in [1.54, 1.807) is 7.11 Å². The van der Waals surface area contributed by atoms with Crippen LogP contribution < -0.4 is 10.1 Å². The van der Waals surface area contributed by atoms with Crippen molar-refractivity contribution in [3.63, 3.8) is 0 Å². The number of aliphatic hydroxyl groups excluding tert-OH is 1. The van der Waals surface area contributed by atoms with Crippen molar-refractivity contribution in [2.75, 3.05) is 13.7 Å². The van der Waals surface area contributed by atoms with Gasteiger partial charge >= 0.3 is 0 Å². The van der Waals surface area contributed by atoms with Crippen LogP contribution in [0, 0.1) is 0 Å². The maximum atomic E-state index is 9.41. The molecule has 1 aromatic carbocycles. The average molecular weight is 259 g/mol. The van der Waals surface area contributed by atoms with Crippen molar-refractivity contribution in [1.29, 1.82) is 0 Å². The van der Waals surface area contributed by atoms with Crippen LogP contribution in [0.15, 0.2) is 24.3 Å². The molecule has 2 aromatic rings. The summed E-state index contributed by atoms with van der Waals surface area (Å²) in [5, 5.41) is 12.7. The number of hydrogen-bond acceptors (Lipinski definition) is 4. The van der Waals surface area contributed by atoms with Gasteiger partial charge < -0.3 is 19.7 Å². The van der Waals surface area contributed by atoms with Gasteiger partial charge in [0.2, 0.25) is 0 Å². The number of hydrogen-bond donors (Lipinski definition) is 2. The van der Waals surface area contributed by atoms with Crippen LogP contribution >= 0.6 is 0 Å². The van der Waals surface area contributed by atoms with E-state index in [1.165, 1.54) is 0 Å². The third-order valence-electron chi connectivity index (χ3n) is 3.46. The Morgan fingerprint density at radius 3 is 2.84 bits per heavy atom. The van der Waals surface area contributed by atoms with E-state index in [0.717, 1.165) is 48.2 Å². The molecule has 0 spiro atoms. The Morgan fingerprint density at radius 2 is 2.16 bits per heavy atom. The van der Waals surface area contributed by atoms with Crippen molar-refractivity contribution < 1.29 is 9.84 Å². The van der Waals surface area contributed by atoms with E-state index in [9.17, 15) is 5.11 Å². The molecular formula is C14H17N3O2. The van der Waals surface area contributed by atoms with Crippen molar-refractivity contribution in [3.8, 4) is 17.1 Å². The lowest BCUT2D eigenvalue weighted by atomic mass is 10.2. The third-order valence-corrected chi connectivity index (χ3v) is 3.46. The third kappa shape index (κ3) is 2.11. The quantitative estimate of drug-likeness (QED) is 0.868. The zero-order valence-corrected chi connectivity index (χ0v) is 10.9. The van der Waals surface area contributed by atoms with E-state index in [-0.39, 0.29) is 6.61 Å². The second kappa shape index (κ2) is 5.03. The highest BCUT2D eigenvalue weighted by molar-refractivity contribution is 5.58. The van der Waals surface area contributed by atoms with Gasteiger partial charge in [-0.05, 0) is 24.3 Å². The smallest absolute Gasteiger partial charge is 0.140 e. The normalized spacial score (nSPS) is 14.2. The van der Waals surface area contributed by atoms with E-state index in [4.69, 9.17) is 4.74 Å². The molecule has 5 nitrogen and oxygen atoms in total. The van der Waals surface area contributed by atoms with Gasteiger partial charge in [-0.2, -0.15) is 0 Å². The highest BCUT2D eigenvalue weighted by Gasteiger charge is 2.19. The molecular weight excluding hydrogens is 242 g/mol. The fourth-order valence-electron chi connectivity index (χ4n) is 2.46. The molecule has 2 N–H and O–H groups in total. The lowest BCUT2D eigenvalue weighted by Gasteiger charge is -2.18. The second-order valence-electron chi connectivity index (χ2n) is 4.54. The van der Waals surface area contributed by atoms with Crippen molar-refractivity contribution in [2.24, 2.45) is 0 Å². The molecule has 5 heteroatoms. The second-order valence-corrected chi connectivity index (χ2v) is 4.54. The van der Waals surface area contributed by atoms with Gasteiger partial charge in [-0.25, -0.2) is 4.98 Å². The molecule has 19 heavy (non-hydrogen) atoms. The topological polar surface area (TPSA) is 59.3 Å². The first kappa shape index (κ1) is 12.2. The number of ether oxygens (including phenoxy) is 1. The molecule has 1 aliphatic rings. The first-order chi connectivity index (χ1) is 9.33. The molecule has 3 rings (SSSR count). The van der Waals surface area contributed by atoms with Gasteiger partial charge in [-0.3, -0.25) is 0 Å². The Morgan fingerprint density at radius 1 is 1.37 bits per heavy atom. The Labute approximate surface area is 111 Å². The van der Waals surface area contributed by atoms with E-state index in [2.05, 4.69) is 14.9 Å². The molecule has 100 valence electrons. The predicted molar refractivity (Wildman–Crippen MR) is 71.8 cm³/mol. The molecule has 0 atom stereocenters. The van der Waals surface area contributed by atoms with Gasteiger partial charge in [0.05, 0.1) is 25.1 Å². The minimum absolute atomic E-state index is 0.0207. The number of imidazole rings is 1. The first-order valence-electron chi connectivity index (χ1n) is 6.37. The van der Waals surface area contributed by atoms with Crippen LogP contribution in [0.5, 0.6) is 5.75 Å². The molecule has 0 fully saturated rings. The molecule has 0 saturated heterocycles. The van der Waals surface area contributed by atoms with Gasteiger partial charge in [-0.1, -0.05) is 0 Å². The molecule has 0 amide bonds. The Bertz CT molecular complexity index is 575. The SMILES string of the molecule is COc1ccc(-c2nc(CO)c3n2CCNC3)cc1. The number of nitrogens with zero attached hydrogens (tertiary/aromatic N) is 2. The van der Waals surface area contributed by atoms with Gasteiger partial charge in [0.1, 0.15) is 11.6 Å². The molecule has 1 aromatic heterocycles. The predicted octanol–water partition coefficient (Wildman–Crippen LogP) is 1.15. The molecule has 0 aliphatic carbocycles.